The molecule has 0 bridgehead atoms. The zero-order valence-electron chi connectivity index (χ0n) is 7.72. The molecule has 2 nitrogen and oxygen atoms in total. The third-order valence-corrected chi connectivity index (χ3v) is 5.09. The molecule has 78 valence electrons. The Hall–Kier alpha value is 0.130. The van der Waals surface area contributed by atoms with E-state index in [4.69, 9.17) is 0 Å². The van der Waals surface area contributed by atoms with Crippen LogP contribution in [0.3, 0.4) is 0 Å². The van der Waals surface area contributed by atoms with Gasteiger partial charge in [0.25, 0.3) is 5.91 Å². The van der Waals surface area contributed by atoms with E-state index in [1.807, 2.05) is 24.4 Å². The van der Waals surface area contributed by atoms with E-state index < -0.39 is 0 Å². The second-order valence-electron chi connectivity index (χ2n) is 3.26. The van der Waals surface area contributed by atoms with Gasteiger partial charge in [-0.05, 0) is 18.4 Å². The quantitative estimate of drug-likeness (QED) is 0.839. The lowest BCUT2D eigenvalue weighted by Crippen LogP contribution is -2.48. The van der Waals surface area contributed by atoms with E-state index in [-0.39, 0.29) is 11.4 Å². The fraction of sp³-hybridized carbons (Fsp3) is 0.444. The van der Waals surface area contributed by atoms with Crippen molar-refractivity contribution in [3.05, 3.63) is 22.4 Å². The first-order valence-corrected chi connectivity index (χ1v) is 7.21. The lowest BCUT2D eigenvalue weighted by molar-refractivity contribution is 0.0927. The van der Waals surface area contributed by atoms with E-state index in [1.165, 1.54) is 11.3 Å². The maximum atomic E-state index is 11.7. The molecule has 0 unspecified atom stereocenters. The molecule has 1 amide bonds. The highest BCUT2D eigenvalue weighted by Crippen LogP contribution is 2.14. The van der Waals surface area contributed by atoms with Crippen molar-refractivity contribution in [2.75, 3.05) is 10.7 Å². The largest absolute Gasteiger partial charge is 0.344 e. The van der Waals surface area contributed by atoms with E-state index in [0.29, 0.717) is 0 Å². The Labute approximate surface area is 104 Å². The van der Waals surface area contributed by atoms with Crippen LogP contribution in [0.25, 0.3) is 0 Å². The van der Waals surface area contributed by atoms with Gasteiger partial charge in [0.05, 0.1) is 10.4 Å². The smallest absolute Gasteiger partial charge is 0.261 e. The van der Waals surface area contributed by atoms with Gasteiger partial charge in [-0.15, -0.1) is 11.3 Å². The number of nitrogens with one attached hydrogen (secondary N) is 1. The lowest BCUT2D eigenvalue weighted by atomic mass is 10.1. The molecule has 1 aromatic rings. The minimum absolute atomic E-state index is 0.0126. The van der Waals surface area contributed by atoms with Crippen molar-refractivity contribution in [3.63, 3.8) is 0 Å². The highest BCUT2D eigenvalue weighted by atomic mass is 79.9. The molecule has 0 saturated carbocycles. The summed E-state index contributed by atoms with van der Waals surface area (Å²) in [5.74, 6) is -0.0126. The predicted molar refractivity (Wildman–Crippen MR) is 67.8 cm³/mol. The number of hydrogen-bond donors (Lipinski definition) is 1. The number of carbonyl (C=O) groups is 1. The summed E-state index contributed by atoms with van der Waals surface area (Å²) in [4.78, 5) is 12.4. The second kappa shape index (κ2) is 5.28. The lowest BCUT2D eigenvalue weighted by Gasteiger charge is -2.25. The Balaban J connectivity index is 2.65. The monoisotopic (exact) mass is 339 g/mol. The molecule has 0 aliphatic rings. The van der Waals surface area contributed by atoms with E-state index in [2.05, 4.69) is 37.2 Å². The summed E-state index contributed by atoms with van der Waals surface area (Å²) < 4.78 is 0. The van der Waals surface area contributed by atoms with E-state index in [1.54, 1.807) is 0 Å². The molecule has 5 heteroatoms. The third-order valence-electron chi connectivity index (χ3n) is 1.75. The molecule has 0 spiro atoms. The number of halogens is 2. The SMILES string of the molecule is CC(CBr)(CBr)NC(=O)c1cccs1. The molecule has 1 aromatic heterocycles. The molecular formula is C9H11Br2NOS. The summed E-state index contributed by atoms with van der Waals surface area (Å²) in [6.45, 7) is 1.99. The second-order valence-corrected chi connectivity index (χ2v) is 5.33. The molecule has 0 saturated heterocycles. The highest BCUT2D eigenvalue weighted by molar-refractivity contribution is 9.09. The Bertz CT molecular complexity index is 296. The van der Waals surface area contributed by atoms with Crippen LogP contribution >= 0.6 is 43.2 Å². The first-order valence-electron chi connectivity index (χ1n) is 4.09. The molecule has 0 aromatic carbocycles. The Morgan fingerprint density at radius 1 is 1.57 bits per heavy atom. The standard InChI is InChI=1S/C9H11Br2NOS/c1-9(5-10,6-11)12-8(13)7-3-2-4-14-7/h2-4H,5-6H2,1H3,(H,12,13). The maximum absolute atomic E-state index is 11.7. The van der Waals surface area contributed by atoms with Gasteiger partial charge in [0.15, 0.2) is 0 Å². The fourth-order valence-electron chi connectivity index (χ4n) is 0.846. The van der Waals surface area contributed by atoms with E-state index in [9.17, 15) is 4.79 Å². The van der Waals surface area contributed by atoms with E-state index >= 15 is 0 Å². The minimum Gasteiger partial charge on any atom is -0.344 e. The van der Waals surface area contributed by atoms with Crippen LogP contribution in [0.15, 0.2) is 17.5 Å². The molecule has 0 aliphatic carbocycles. The van der Waals surface area contributed by atoms with Gasteiger partial charge in [-0.3, -0.25) is 4.79 Å². The first kappa shape index (κ1) is 12.2. The van der Waals surface area contributed by atoms with Crippen molar-refractivity contribution < 1.29 is 4.79 Å². The molecule has 1 heterocycles. The van der Waals surface area contributed by atoms with Crippen molar-refractivity contribution in [1.82, 2.24) is 5.32 Å². The van der Waals surface area contributed by atoms with Crippen molar-refractivity contribution in [2.24, 2.45) is 0 Å². The molecule has 1 rings (SSSR count). The van der Waals surface area contributed by atoms with Crippen molar-refractivity contribution in [3.8, 4) is 0 Å². The number of thiophene rings is 1. The van der Waals surface area contributed by atoms with Crippen LogP contribution in [0.5, 0.6) is 0 Å². The van der Waals surface area contributed by atoms with Crippen LogP contribution in [0.2, 0.25) is 0 Å². The maximum Gasteiger partial charge on any atom is 0.261 e. The molecule has 14 heavy (non-hydrogen) atoms. The van der Waals surface area contributed by atoms with Crippen LogP contribution < -0.4 is 5.32 Å². The third kappa shape index (κ3) is 3.07. The predicted octanol–water partition coefficient (Wildman–Crippen LogP) is 3.03. The van der Waals surface area contributed by atoms with E-state index in [0.717, 1.165) is 15.5 Å². The highest BCUT2D eigenvalue weighted by Gasteiger charge is 2.24. The number of alkyl halides is 2. The van der Waals surface area contributed by atoms with Gasteiger partial charge in [-0.1, -0.05) is 37.9 Å². The zero-order chi connectivity index (χ0) is 10.6. The molecular weight excluding hydrogens is 330 g/mol. The minimum atomic E-state index is -0.235. The summed E-state index contributed by atoms with van der Waals surface area (Å²) in [5.41, 5.74) is -0.235. The fourth-order valence-corrected chi connectivity index (χ4v) is 2.67. The molecule has 0 atom stereocenters. The van der Waals surface area contributed by atoms with Gasteiger partial charge in [-0.2, -0.15) is 0 Å². The van der Waals surface area contributed by atoms with Gasteiger partial charge >= 0.3 is 0 Å². The van der Waals surface area contributed by atoms with Gasteiger partial charge in [-0.25, -0.2) is 0 Å². The Kier molecular flexibility index (Phi) is 4.60. The number of rotatable bonds is 4. The molecule has 1 N–H and O–H groups in total. The average Bonchev–Trinajstić information content (AvgIpc) is 2.70. The molecule has 0 aliphatic heterocycles. The topological polar surface area (TPSA) is 29.1 Å². The number of hydrogen-bond acceptors (Lipinski definition) is 2. The van der Waals surface area contributed by atoms with Gasteiger partial charge in [0, 0.05) is 10.7 Å². The first-order chi connectivity index (χ1) is 6.61. The summed E-state index contributed by atoms with van der Waals surface area (Å²) >= 11 is 8.22. The Morgan fingerprint density at radius 2 is 2.21 bits per heavy atom. The summed E-state index contributed by atoms with van der Waals surface area (Å²) in [5, 5.41) is 6.32. The van der Waals surface area contributed by atoms with Crippen LogP contribution in [-0.4, -0.2) is 22.1 Å². The molecule has 0 fully saturated rings. The van der Waals surface area contributed by atoms with Crippen LogP contribution in [0.4, 0.5) is 0 Å². The Morgan fingerprint density at radius 3 is 2.64 bits per heavy atom. The number of carbonyl (C=O) groups excluding carboxylic acids is 1. The average molecular weight is 341 g/mol. The van der Waals surface area contributed by atoms with Crippen molar-refractivity contribution >= 4 is 49.1 Å². The van der Waals surface area contributed by atoms with Crippen molar-refractivity contribution in [1.29, 1.82) is 0 Å². The summed E-state index contributed by atoms with van der Waals surface area (Å²) in [6, 6.07) is 3.70. The summed E-state index contributed by atoms with van der Waals surface area (Å²) in [7, 11) is 0. The molecule has 0 radical (unpaired) electrons. The van der Waals surface area contributed by atoms with Crippen molar-refractivity contribution in [2.45, 2.75) is 12.5 Å². The van der Waals surface area contributed by atoms with Gasteiger partial charge in [0.1, 0.15) is 0 Å². The van der Waals surface area contributed by atoms with Gasteiger partial charge < -0.3 is 5.32 Å². The van der Waals surface area contributed by atoms with Gasteiger partial charge in [0.2, 0.25) is 0 Å². The number of amides is 1. The summed E-state index contributed by atoms with van der Waals surface area (Å²) in [6.07, 6.45) is 0. The normalized spacial score (nSPS) is 11.4. The zero-order valence-corrected chi connectivity index (χ0v) is 11.7. The van der Waals surface area contributed by atoms with Crippen LogP contribution in [0, 0.1) is 0 Å². The van der Waals surface area contributed by atoms with Crippen LogP contribution in [0.1, 0.15) is 16.6 Å². The van der Waals surface area contributed by atoms with Crippen LogP contribution in [-0.2, 0) is 0 Å².